The van der Waals surface area contributed by atoms with Gasteiger partial charge in [0.25, 0.3) is 0 Å². The Morgan fingerprint density at radius 2 is 1.75 bits per heavy atom. The third-order valence-corrected chi connectivity index (χ3v) is 2.59. The zero-order valence-electron chi connectivity index (χ0n) is 11.1. The Balaban J connectivity index is 1.74. The van der Waals surface area contributed by atoms with Crippen molar-refractivity contribution in [2.75, 3.05) is 12.4 Å². The lowest BCUT2D eigenvalue weighted by Gasteiger charge is -2.08. The maximum atomic E-state index is 11.6. The lowest BCUT2D eigenvalue weighted by Crippen LogP contribution is -2.28. The second-order valence-electron chi connectivity index (χ2n) is 4.06. The van der Waals surface area contributed by atoms with Gasteiger partial charge in [0.05, 0.1) is 13.7 Å². The van der Waals surface area contributed by atoms with Crippen LogP contribution in [0.5, 0.6) is 5.75 Å². The summed E-state index contributed by atoms with van der Waals surface area (Å²) >= 11 is 0. The fourth-order valence-corrected chi connectivity index (χ4v) is 1.59. The fourth-order valence-electron chi connectivity index (χ4n) is 1.59. The summed E-state index contributed by atoms with van der Waals surface area (Å²) in [6, 6.07) is 16.2. The molecule has 2 aromatic rings. The molecule has 0 fully saturated rings. The number of methoxy groups -OCH3 is 1. The largest absolute Gasteiger partial charge is 0.497 e. The molecule has 0 aliphatic carbocycles. The number of nitrogens with one attached hydrogen (secondary N) is 2. The van der Waals surface area contributed by atoms with Crippen LogP contribution in [0, 0.1) is 0 Å². The summed E-state index contributed by atoms with van der Waals surface area (Å²) in [5, 5.41) is 2.65. The van der Waals surface area contributed by atoms with Crippen molar-refractivity contribution in [1.29, 1.82) is 0 Å². The summed E-state index contributed by atoms with van der Waals surface area (Å²) in [5.41, 5.74) is 3.97. The van der Waals surface area contributed by atoms with E-state index < -0.39 is 6.03 Å². The molecule has 0 unspecified atom stereocenters. The highest BCUT2D eigenvalue weighted by molar-refractivity contribution is 5.88. The summed E-state index contributed by atoms with van der Waals surface area (Å²) in [6.45, 7) is 0.316. The topological polar surface area (TPSA) is 59.6 Å². The van der Waals surface area contributed by atoms with Crippen LogP contribution in [0.1, 0.15) is 5.56 Å². The van der Waals surface area contributed by atoms with Gasteiger partial charge in [-0.1, -0.05) is 30.3 Å². The van der Waals surface area contributed by atoms with E-state index in [0.29, 0.717) is 12.3 Å². The zero-order chi connectivity index (χ0) is 14.2. The molecule has 0 atom stereocenters. The number of anilines is 1. The molecule has 20 heavy (non-hydrogen) atoms. The van der Waals surface area contributed by atoms with Gasteiger partial charge in [-0.15, -0.1) is 0 Å². The Labute approximate surface area is 117 Å². The smallest absolute Gasteiger partial charge is 0.343 e. The number of amides is 2. The number of hydrogen-bond acceptors (Lipinski definition) is 3. The quantitative estimate of drug-likeness (QED) is 0.823. The Bertz CT molecular complexity index is 541. The number of hydrogen-bond donors (Lipinski definition) is 2. The van der Waals surface area contributed by atoms with Crippen molar-refractivity contribution in [1.82, 2.24) is 5.48 Å². The average molecular weight is 272 g/mol. The van der Waals surface area contributed by atoms with Gasteiger partial charge in [0.1, 0.15) is 5.75 Å². The minimum atomic E-state index is -0.425. The third-order valence-electron chi connectivity index (χ3n) is 2.59. The van der Waals surface area contributed by atoms with Gasteiger partial charge in [-0.2, -0.15) is 0 Å². The highest BCUT2D eigenvalue weighted by atomic mass is 16.7. The van der Waals surface area contributed by atoms with Crippen molar-refractivity contribution in [3.8, 4) is 5.75 Å². The van der Waals surface area contributed by atoms with Crippen LogP contribution in [-0.4, -0.2) is 13.1 Å². The minimum Gasteiger partial charge on any atom is -0.497 e. The number of ether oxygens (including phenoxy) is 1. The molecule has 2 rings (SSSR count). The molecule has 5 nitrogen and oxygen atoms in total. The molecular weight excluding hydrogens is 256 g/mol. The van der Waals surface area contributed by atoms with Gasteiger partial charge in [-0.05, 0) is 29.8 Å². The number of rotatable bonds is 5. The minimum absolute atomic E-state index is 0.316. The summed E-state index contributed by atoms with van der Waals surface area (Å²) < 4.78 is 5.04. The summed E-state index contributed by atoms with van der Waals surface area (Å²) in [7, 11) is 1.59. The Hall–Kier alpha value is -2.53. The Kier molecular flexibility index (Phi) is 4.97. The monoisotopic (exact) mass is 272 g/mol. The zero-order valence-corrected chi connectivity index (χ0v) is 11.1. The van der Waals surface area contributed by atoms with E-state index in [9.17, 15) is 4.79 Å². The fraction of sp³-hybridized carbons (Fsp3) is 0.133. The van der Waals surface area contributed by atoms with Crippen LogP contribution in [0.25, 0.3) is 0 Å². The van der Waals surface area contributed by atoms with E-state index in [1.807, 2.05) is 30.3 Å². The highest BCUT2D eigenvalue weighted by Crippen LogP contribution is 2.14. The number of benzene rings is 2. The van der Waals surface area contributed by atoms with E-state index in [2.05, 4.69) is 10.8 Å². The SMILES string of the molecule is COc1ccc(NC(=O)NOCc2ccccc2)cc1. The first-order valence-corrected chi connectivity index (χ1v) is 6.14. The van der Waals surface area contributed by atoms with Crippen LogP contribution in [0.15, 0.2) is 54.6 Å². The molecule has 2 aromatic carbocycles. The van der Waals surface area contributed by atoms with Crippen molar-refractivity contribution in [2.45, 2.75) is 6.61 Å². The molecule has 0 aliphatic heterocycles. The lowest BCUT2D eigenvalue weighted by atomic mass is 10.2. The molecular formula is C15H16N2O3. The Morgan fingerprint density at radius 1 is 1.05 bits per heavy atom. The number of carbonyl (C=O) groups is 1. The average Bonchev–Trinajstić information content (AvgIpc) is 2.49. The van der Waals surface area contributed by atoms with E-state index in [-0.39, 0.29) is 0 Å². The predicted octanol–water partition coefficient (Wildman–Crippen LogP) is 2.95. The van der Waals surface area contributed by atoms with Crippen LogP contribution in [-0.2, 0) is 11.4 Å². The normalized spacial score (nSPS) is 9.85. The highest BCUT2D eigenvalue weighted by Gasteiger charge is 2.01. The van der Waals surface area contributed by atoms with Crippen LogP contribution in [0.2, 0.25) is 0 Å². The van der Waals surface area contributed by atoms with Crippen molar-refractivity contribution in [3.63, 3.8) is 0 Å². The molecule has 0 spiro atoms. The van der Waals surface area contributed by atoms with E-state index in [1.165, 1.54) is 0 Å². The molecule has 2 amide bonds. The lowest BCUT2D eigenvalue weighted by molar-refractivity contribution is 0.0536. The van der Waals surface area contributed by atoms with Gasteiger partial charge in [0, 0.05) is 5.69 Å². The van der Waals surface area contributed by atoms with Crippen molar-refractivity contribution < 1.29 is 14.4 Å². The number of urea groups is 1. The van der Waals surface area contributed by atoms with Gasteiger partial charge in [-0.3, -0.25) is 4.84 Å². The molecule has 2 N–H and O–H groups in total. The molecule has 0 aliphatic rings. The molecule has 5 heteroatoms. The molecule has 0 saturated carbocycles. The molecule has 104 valence electrons. The molecule has 0 aromatic heterocycles. The van der Waals surface area contributed by atoms with Gasteiger partial charge < -0.3 is 10.1 Å². The summed E-state index contributed by atoms with van der Waals surface area (Å²) in [6.07, 6.45) is 0. The number of carbonyl (C=O) groups excluding carboxylic acids is 1. The van der Waals surface area contributed by atoms with Crippen LogP contribution < -0.4 is 15.5 Å². The van der Waals surface area contributed by atoms with E-state index in [0.717, 1.165) is 11.3 Å². The summed E-state index contributed by atoms with van der Waals surface area (Å²) in [5.74, 6) is 0.733. The maximum Gasteiger partial charge on any atom is 0.343 e. The molecule has 0 radical (unpaired) electrons. The van der Waals surface area contributed by atoms with E-state index >= 15 is 0 Å². The van der Waals surface area contributed by atoms with Crippen molar-refractivity contribution in [2.24, 2.45) is 0 Å². The van der Waals surface area contributed by atoms with Crippen LogP contribution in [0.3, 0.4) is 0 Å². The second kappa shape index (κ2) is 7.16. The first-order valence-electron chi connectivity index (χ1n) is 6.14. The molecule has 0 saturated heterocycles. The summed E-state index contributed by atoms with van der Waals surface area (Å²) in [4.78, 5) is 16.7. The number of hydroxylamine groups is 1. The third kappa shape index (κ3) is 4.29. The van der Waals surface area contributed by atoms with Gasteiger partial charge in [-0.25, -0.2) is 10.3 Å². The van der Waals surface area contributed by atoms with Gasteiger partial charge in [0.2, 0.25) is 0 Å². The van der Waals surface area contributed by atoms with Crippen molar-refractivity contribution >= 4 is 11.7 Å². The molecule has 0 heterocycles. The van der Waals surface area contributed by atoms with Gasteiger partial charge >= 0.3 is 6.03 Å². The van der Waals surface area contributed by atoms with Crippen LogP contribution in [0.4, 0.5) is 10.5 Å². The van der Waals surface area contributed by atoms with Crippen molar-refractivity contribution in [3.05, 3.63) is 60.2 Å². The second-order valence-corrected chi connectivity index (χ2v) is 4.06. The Morgan fingerprint density at radius 3 is 2.40 bits per heavy atom. The standard InChI is InChI=1S/C15H16N2O3/c1-19-14-9-7-13(8-10-14)16-15(18)17-20-11-12-5-3-2-4-6-12/h2-10H,11H2,1H3,(H2,16,17,18). The van der Waals surface area contributed by atoms with E-state index in [1.54, 1.807) is 31.4 Å². The first kappa shape index (κ1) is 13.9. The maximum absolute atomic E-state index is 11.6. The predicted molar refractivity (Wildman–Crippen MR) is 76.4 cm³/mol. The molecule has 0 bridgehead atoms. The van der Waals surface area contributed by atoms with E-state index in [4.69, 9.17) is 9.57 Å². The van der Waals surface area contributed by atoms with Crippen LogP contribution >= 0.6 is 0 Å². The first-order chi connectivity index (χ1) is 9.78. The van der Waals surface area contributed by atoms with Gasteiger partial charge in [0.15, 0.2) is 0 Å².